The predicted molar refractivity (Wildman–Crippen MR) is 109 cm³/mol. The Labute approximate surface area is 169 Å². The molecule has 1 N–H and O–H groups in total. The van der Waals surface area contributed by atoms with E-state index >= 15 is 0 Å². The van der Waals surface area contributed by atoms with Crippen LogP contribution in [0.4, 0.5) is 11.4 Å². The highest BCUT2D eigenvalue weighted by Gasteiger charge is 2.49. The van der Waals surface area contributed by atoms with E-state index in [9.17, 15) is 18.0 Å². The van der Waals surface area contributed by atoms with E-state index < -0.39 is 27.3 Å². The van der Waals surface area contributed by atoms with Gasteiger partial charge in [0.1, 0.15) is 11.5 Å². The second-order valence-electron chi connectivity index (χ2n) is 7.28. The van der Waals surface area contributed by atoms with Gasteiger partial charge in [0.15, 0.2) is 0 Å². The van der Waals surface area contributed by atoms with E-state index in [1.807, 2.05) is 0 Å². The van der Waals surface area contributed by atoms with Gasteiger partial charge in [-0.25, -0.2) is 12.7 Å². The van der Waals surface area contributed by atoms with Crippen LogP contribution in [0.3, 0.4) is 0 Å². The number of amides is 2. The van der Waals surface area contributed by atoms with Crippen LogP contribution in [0.25, 0.3) is 0 Å². The van der Waals surface area contributed by atoms with Crippen LogP contribution in [-0.4, -0.2) is 40.2 Å². The van der Waals surface area contributed by atoms with Crippen molar-refractivity contribution in [2.45, 2.75) is 13.8 Å². The van der Waals surface area contributed by atoms with Crippen LogP contribution >= 0.6 is 0 Å². The van der Waals surface area contributed by atoms with Gasteiger partial charge in [0.2, 0.25) is 15.9 Å². The van der Waals surface area contributed by atoms with Crippen molar-refractivity contribution in [2.75, 3.05) is 29.6 Å². The van der Waals surface area contributed by atoms with Crippen molar-refractivity contribution in [1.29, 1.82) is 0 Å². The lowest BCUT2D eigenvalue weighted by molar-refractivity contribution is -0.123. The standard InChI is InChI=1S/C20H22N2O6S/c1-20(2)12-29(25,26)22(19(20)24)14-7-5-6-13(10-14)18(23)21-16-9-8-15(27-3)11-17(16)28-4/h5-11H,12H2,1-4H3,(H,21,23). The molecule has 29 heavy (non-hydrogen) atoms. The third-order valence-electron chi connectivity index (χ3n) is 4.58. The minimum absolute atomic E-state index is 0.134. The molecule has 2 aromatic carbocycles. The molecule has 0 unspecified atom stereocenters. The van der Waals surface area contributed by atoms with Crippen LogP contribution in [0.1, 0.15) is 24.2 Å². The van der Waals surface area contributed by atoms with Gasteiger partial charge in [0, 0.05) is 11.6 Å². The first-order chi connectivity index (χ1) is 13.6. The van der Waals surface area contributed by atoms with Gasteiger partial charge in [0.25, 0.3) is 5.91 Å². The van der Waals surface area contributed by atoms with E-state index in [4.69, 9.17) is 9.47 Å². The summed E-state index contributed by atoms with van der Waals surface area (Å²) >= 11 is 0. The molecular weight excluding hydrogens is 396 g/mol. The number of carbonyl (C=O) groups excluding carboxylic acids is 2. The van der Waals surface area contributed by atoms with E-state index in [2.05, 4.69) is 5.32 Å². The topological polar surface area (TPSA) is 102 Å². The van der Waals surface area contributed by atoms with Crippen LogP contribution in [-0.2, 0) is 14.8 Å². The van der Waals surface area contributed by atoms with Crippen molar-refractivity contribution in [2.24, 2.45) is 5.41 Å². The molecule has 154 valence electrons. The highest BCUT2D eigenvalue weighted by molar-refractivity contribution is 7.94. The van der Waals surface area contributed by atoms with Crippen molar-refractivity contribution >= 4 is 33.2 Å². The van der Waals surface area contributed by atoms with Gasteiger partial charge < -0.3 is 14.8 Å². The zero-order chi connectivity index (χ0) is 21.4. The van der Waals surface area contributed by atoms with Crippen molar-refractivity contribution in [1.82, 2.24) is 0 Å². The van der Waals surface area contributed by atoms with E-state index in [0.29, 0.717) is 17.2 Å². The fourth-order valence-electron chi connectivity index (χ4n) is 3.13. The molecule has 2 amide bonds. The number of carbonyl (C=O) groups is 2. The van der Waals surface area contributed by atoms with E-state index in [1.165, 1.54) is 38.5 Å². The van der Waals surface area contributed by atoms with Crippen LogP contribution in [0.5, 0.6) is 11.5 Å². The molecular formula is C20H22N2O6S. The second kappa shape index (κ2) is 7.40. The Morgan fingerprint density at radius 3 is 2.41 bits per heavy atom. The van der Waals surface area contributed by atoms with Crippen molar-refractivity contribution in [3.63, 3.8) is 0 Å². The molecule has 0 aromatic heterocycles. The number of hydrogen-bond donors (Lipinski definition) is 1. The zero-order valence-electron chi connectivity index (χ0n) is 16.6. The molecule has 1 fully saturated rings. The van der Waals surface area contributed by atoms with Gasteiger partial charge in [-0.1, -0.05) is 6.07 Å². The maximum atomic E-state index is 12.7. The highest BCUT2D eigenvalue weighted by atomic mass is 32.2. The summed E-state index contributed by atoms with van der Waals surface area (Å²) in [4.78, 5) is 25.3. The molecule has 8 nitrogen and oxygen atoms in total. The molecule has 0 saturated carbocycles. The average molecular weight is 418 g/mol. The van der Waals surface area contributed by atoms with Gasteiger partial charge in [-0.15, -0.1) is 0 Å². The van der Waals surface area contributed by atoms with Gasteiger partial charge in [-0.3, -0.25) is 9.59 Å². The van der Waals surface area contributed by atoms with Crippen LogP contribution in [0.2, 0.25) is 0 Å². The summed E-state index contributed by atoms with van der Waals surface area (Å²) in [5.74, 6) is -0.293. The Morgan fingerprint density at radius 2 is 1.83 bits per heavy atom. The molecule has 1 aliphatic heterocycles. The molecule has 1 saturated heterocycles. The normalized spacial score (nSPS) is 17.1. The number of sulfonamides is 1. The summed E-state index contributed by atoms with van der Waals surface area (Å²) in [6, 6.07) is 10.9. The fraction of sp³-hybridized carbons (Fsp3) is 0.300. The highest BCUT2D eigenvalue weighted by Crippen LogP contribution is 2.36. The van der Waals surface area contributed by atoms with Crippen LogP contribution in [0.15, 0.2) is 42.5 Å². The average Bonchev–Trinajstić information content (AvgIpc) is 2.84. The first kappa shape index (κ1) is 20.7. The van der Waals surface area contributed by atoms with Crippen molar-refractivity contribution in [3.05, 3.63) is 48.0 Å². The lowest BCUT2D eigenvalue weighted by Gasteiger charge is -2.18. The van der Waals surface area contributed by atoms with Crippen molar-refractivity contribution < 1.29 is 27.5 Å². The Hall–Kier alpha value is -3.07. The monoisotopic (exact) mass is 418 g/mol. The molecule has 9 heteroatoms. The predicted octanol–water partition coefficient (Wildman–Crippen LogP) is 2.66. The SMILES string of the molecule is COc1ccc(NC(=O)c2cccc(N3C(=O)C(C)(C)CS3(=O)=O)c2)c(OC)c1. The molecule has 0 aliphatic carbocycles. The lowest BCUT2D eigenvalue weighted by atomic mass is 9.95. The molecule has 0 atom stereocenters. The fourth-order valence-corrected chi connectivity index (χ4v) is 5.23. The summed E-state index contributed by atoms with van der Waals surface area (Å²) in [5, 5.41) is 2.72. The van der Waals surface area contributed by atoms with Gasteiger partial charge in [-0.05, 0) is 44.2 Å². The van der Waals surface area contributed by atoms with Gasteiger partial charge in [0.05, 0.1) is 36.8 Å². The first-order valence-electron chi connectivity index (χ1n) is 8.80. The number of nitrogens with zero attached hydrogens (tertiary/aromatic N) is 1. The maximum Gasteiger partial charge on any atom is 0.255 e. The lowest BCUT2D eigenvalue weighted by Crippen LogP contribution is -2.33. The third-order valence-corrected chi connectivity index (χ3v) is 6.60. The smallest absolute Gasteiger partial charge is 0.255 e. The number of methoxy groups -OCH3 is 2. The largest absolute Gasteiger partial charge is 0.497 e. The summed E-state index contributed by atoms with van der Waals surface area (Å²) in [7, 11) is -0.808. The molecule has 0 bridgehead atoms. The summed E-state index contributed by atoms with van der Waals surface area (Å²) in [6.07, 6.45) is 0. The van der Waals surface area contributed by atoms with Crippen LogP contribution < -0.4 is 19.1 Å². The van der Waals surface area contributed by atoms with Crippen LogP contribution in [0, 0.1) is 5.41 Å². The Balaban J connectivity index is 1.91. The Morgan fingerprint density at radius 1 is 1.10 bits per heavy atom. The zero-order valence-corrected chi connectivity index (χ0v) is 17.4. The van der Waals surface area contributed by atoms with E-state index in [0.717, 1.165) is 4.31 Å². The number of nitrogens with one attached hydrogen (secondary N) is 1. The van der Waals surface area contributed by atoms with E-state index in [1.54, 1.807) is 32.0 Å². The molecule has 0 radical (unpaired) electrons. The number of benzene rings is 2. The number of hydrogen-bond acceptors (Lipinski definition) is 6. The van der Waals surface area contributed by atoms with Gasteiger partial charge in [-0.2, -0.15) is 0 Å². The molecule has 1 aliphatic rings. The first-order valence-corrected chi connectivity index (χ1v) is 10.4. The maximum absolute atomic E-state index is 12.7. The second-order valence-corrected chi connectivity index (χ2v) is 9.10. The molecule has 1 heterocycles. The summed E-state index contributed by atoms with van der Waals surface area (Å²) in [6.45, 7) is 3.17. The Bertz CT molecular complexity index is 1080. The minimum Gasteiger partial charge on any atom is -0.497 e. The quantitative estimate of drug-likeness (QED) is 0.801. The molecule has 3 rings (SSSR count). The van der Waals surface area contributed by atoms with E-state index in [-0.39, 0.29) is 17.0 Å². The van der Waals surface area contributed by atoms with Gasteiger partial charge >= 0.3 is 0 Å². The number of ether oxygens (including phenoxy) is 2. The Kier molecular flexibility index (Phi) is 5.27. The molecule has 0 spiro atoms. The van der Waals surface area contributed by atoms with Crippen molar-refractivity contribution in [3.8, 4) is 11.5 Å². The summed E-state index contributed by atoms with van der Waals surface area (Å²) in [5.41, 5.74) is -0.259. The number of anilines is 2. The minimum atomic E-state index is -3.80. The number of rotatable bonds is 5. The molecule has 2 aromatic rings. The summed E-state index contributed by atoms with van der Waals surface area (Å²) < 4.78 is 36.1. The third kappa shape index (κ3) is 3.91.